The second-order valence-corrected chi connectivity index (χ2v) is 13.7. The summed E-state index contributed by atoms with van der Waals surface area (Å²) in [6.07, 6.45) is 0. The van der Waals surface area contributed by atoms with Gasteiger partial charge in [0.2, 0.25) is 0 Å². The minimum absolute atomic E-state index is 1.13. The Kier molecular flexibility index (Phi) is 7.11. The Morgan fingerprint density at radius 1 is 0.327 bits per heavy atom. The fraction of sp³-hybridized carbons (Fsp3) is 0.0196. The molecule has 0 atom stereocenters. The number of benzene rings is 9. The van der Waals surface area contributed by atoms with Gasteiger partial charge in [-0.25, -0.2) is 0 Å². The summed E-state index contributed by atoms with van der Waals surface area (Å²) < 4.78 is 0. The number of rotatable bonds is 6. The van der Waals surface area contributed by atoms with Gasteiger partial charge in [-0.15, -0.1) is 0 Å². The molecular formula is C51H35N. The molecule has 0 aliphatic heterocycles. The molecule has 0 radical (unpaired) electrons. The zero-order chi connectivity index (χ0) is 34.6. The molecule has 52 heavy (non-hydrogen) atoms. The molecule has 0 unspecified atom stereocenters. The number of fused-ring (bicyclic) bond motifs is 6. The number of anilines is 3. The Hall–Kier alpha value is -6.70. The van der Waals surface area contributed by atoms with Crippen LogP contribution in [0.1, 0.15) is 5.56 Å². The fourth-order valence-electron chi connectivity index (χ4n) is 8.23. The zero-order valence-electron chi connectivity index (χ0n) is 28.9. The first-order valence-corrected chi connectivity index (χ1v) is 18.0. The third-order valence-corrected chi connectivity index (χ3v) is 10.7. The second kappa shape index (κ2) is 12.3. The van der Waals surface area contributed by atoms with Crippen LogP contribution in [0.4, 0.5) is 17.1 Å². The third-order valence-electron chi connectivity index (χ3n) is 10.7. The lowest BCUT2D eigenvalue weighted by atomic mass is 9.70. The molecule has 0 heterocycles. The lowest BCUT2D eigenvalue weighted by Crippen LogP contribution is -2.11. The van der Waals surface area contributed by atoms with Crippen molar-refractivity contribution in [2.24, 2.45) is 0 Å². The Morgan fingerprint density at radius 3 is 1.40 bits per heavy atom. The summed E-state index contributed by atoms with van der Waals surface area (Å²) in [4.78, 5) is 2.41. The highest BCUT2D eigenvalue weighted by molar-refractivity contribution is 6.26. The summed E-state index contributed by atoms with van der Waals surface area (Å²) in [6.45, 7) is 2.21. The first-order chi connectivity index (χ1) is 25.7. The first-order valence-electron chi connectivity index (χ1n) is 18.0. The van der Waals surface area contributed by atoms with Gasteiger partial charge in [-0.1, -0.05) is 152 Å². The van der Waals surface area contributed by atoms with Crippen LogP contribution in [0.15, 0.2) is 194 Å². The van der Waals surface area contributed by atoms with Crippen molar-refractivity contribution in [1.82, 2.24) is 0 Å². The summed E-state index contributed by atoms with van der Waals surface area (Å²) in [7, 11) is 0. The van der Waals surface area contributed by atoms with Gasteiger partial charge in [-0.3, -0.25) is 0 Å². The van der Waals surface area contributed by atoms with Gasteiger partial charge in [-0.05, 0) is 132 Å². The zero-order valence-corrected chi connectivity index (χ0v) is 28.9. The molecule has 1 aliphatic rings. The minimum Gasteiger partial charge on any atom is -0.310 e. The average molecular weight is 662 g/mol. The van der Waals surface area contributed by atoms with Gasteiger partial charge in [0, 0.05) is 17.1 Å². The van der Waals surface area contributed by atoms with E-state index in [0.29, 0.717) is 0 Å². The predicted molar refractivity (Wildman–Crippen MR) is 222 cm³/mol. The smallest absolute Gasteiger partial charge is 0.0496 e. The van der Waals surface area contributed by atoms with E-state index in [1.54, 1.807) is 0 Å². The lowest BCUT2D eigenvalue weighted by Gasteiger charge is -2.33. The molecule has 9 aromatic carbocycles. The first kappa shape index (κ1) is 30.2. The Bertz CT molecular complexity index is 2770. The van der Waals surface area contributed by atoms with Gasteiger partial charge in [0.25, 0.3) is 0 Å². The standard InChI is InChI=1S/C51H35N/c1-34-26-27-39(35-16-6-2-7-17-35)33-47(34)52(41-22-12-5-13-23-41)42-29-28-38-31-45-46(32-40(38)30-42)51-49(37-20-10-4-11-21-37)44-25-15-14-24-43(44)48(50(45)51)36-18-8-3-9-19-36/h2-33H,1H3. The molecule has 0 saturated heterocycles. The van der Waals surface area contributed by atoms with Gasteiger partial charge in [-0.2, -0.15) is 0 Å². The van der Waals surface area contributed by atoms with E-state index in [1.807, 2.05) is 0 Å². The molecule has 9 aromatic rings. The fourth-order valence-corrected chi connectivity index (χ4v) is 8.23. The van der Waals surface area contributed by atoms with E-state index in [1.165, 1.54) is 88.4 Å². The van der Waals surface area contributed by atoms with Crippen LogP contribution in [0.5, 0.6) is 0 Å². The van der Waals surface area contributed by atoms with Gasteiger partial charge in [0.15, 0.2) is 0 Å². The number of nitrogens with zero attached hydrogens (tertiary/aromatic N) is 1. The van der Waals surface area contributed by atoms with Crippen LogP contribution < -0.4 is 4.90 Å². The Balaban J connectivity index is 1.19. The maximum Gasteiger partial charge on any atom is 0.0496 e. The van der Waals surface area contributed by atoms with Gasteiger partial charge >= 0.3 is 0 Å². The molecule has 0 N–H and O–H groups in total. The van der Waals surface area contributed by atoms with E-state index in [-0.39, 0.29) is 0 Å². The topological polar surface area (TPSA) is 3.24 Å². The van der Waals surface area contributed by atoms with Crippen molar-refractivity contribution >= 4 is 38.6 Å². The molecule has 0 fully saturated rings. The van der Waals surface area contributed by atoms with Crippen LogP contribution in [0.3, 0.4) is 0 Å². The summed E-state index contributed by atoms with van der Waals surface area (Å²) in [6, 6.07) is 70.8. The van der Waals surface area contributed by atoms with Crippen molar-refractivity contribution in [2.75, 3.05) is 4.90 Å². The Labute approximate surface area is 304 Å². The van der Waals surface area contributed by atoms with Crippen molar-refractivity contribution < 1.29 is 0 Å². The van der Waals surface area contributed by atoms with Crippen LogP contribution in [-0.2, 0) is 0 Å². The highest BCUT2D eigenvalue weighted by Gasteiger charge is 2.32. The van der Waals surface area contributed by atoms with Crippen LogP contribution in [-0.4, -0.2) is 0 Å². The van der Waals surface area contributed by atoms with Crippen molar-refractivity contribution in [3.05, 3.63) is 200 Å². The largest absolute Gasteiger partial charge is 0.310 e. The van der Waals surface area contributed by atoms with Crippen molar-refractivity contribution in [3.63, 3.8) is 0 Å². The highest BCUT2D eigenvalue weighted by atomic mass is 15.1. The minimum atomic E-state index is 1.13. The molecule has 10 rings (SSSR count). The second-order valence-electron chi connectivity index (χ2n) is 13.7. The molecular weight excluding hydrogens is 627 g/mol. The van der Waals surface area contributed by atoms with Gasteiger partial charge < -0.3 is 4.90 Å². The number of aryl methyl sites for hydroxylation is 1. The Morgan fingerprint density at radius 2 is 0.827 bits per heavy atom. The van der Waals surface area contributed by atoms with E-state index < -0.39 is 0 Å². The molecule has 0 amide bonds. The maximum atomic E-state index is 2.43. The van der Waals surface area contributed by atoms with Crippen molar-refractivity contribution in [3.8, 4) is 55.6 Å². The van der Waals surface area contributed by atoms with E-state index in [2.05, 4.69) is 206 Å². The molecule has 1 aliphatic carbocycles. The van der Waals surface area contributed by atoms with E-state index in [9.17, 15) is 0 Å². The van der Waals surface area contributed by atoms with Crippen LogP contribution in [0, 0.1) is 6.92 Å². The molecule has 0 saturated carbocycles. The van der Waals surface area contributed by atoms with E-state index in [0.717, 1.165) is 11.4 Å². The lowest BCUT2D eigenvalue weighted by molar-refractivity contribution is 1.25. The average Bonchev–Trinajstić information content (AvgIpc) is 3.21. The monoisotopic (exact) mass is 661 g/mol. The van der Waals surface area contributed by atoms with Crippen LogP contribution in [0.2, 0.25) is 0 Å². The molecule has 0 spiro atoms. The predicted octanol–water partition coefficient (Wildman–Crippen LogP) is 14.4. The van der Waals surface area contributed by atoms with E-state index in [4.69, 9.17) is 0 Å². The molecule has 0 bridgehead atoms. The number of hydrogen-bond donors (Lipinski definition) is 0. The van der Waals surface area contributed by atoms with Crippen molar-refractivity contribution in [1.29, 1.82) is 0 Å². The summed E-state index contributed by atoms with van der Waals surface area (Å²) in [5, 5.41) is 5.05. The van der Waals surface area contributed by atoms with E-state index >= 15 is 0 Å². The molecule has 0 aromatic heterocycles. The molecule has 1 heteroatoms. The summed E-state index contributed by atoms with van der Waals surface area (Å²) in [5.74, 6) is 0. The van der Waals surface area contributed by atoms with Gasteiger partial charge in [0.1, 0.15) is 0 Å². The summed E-state index contributed by atoms with van der Waals surface area (Å²) >= 11 is 0. The van der Waals surface area contributed by atoms with Crippen molar-refractivity contribution in [2.45, 2.75) is 6.92 Å². The van der Waals surface area contributed by atoms with Gasteiger partial charge in [0.05, 0.1) is 0 Å². The molecule has 1 nitrogen and oxygen atoms in total. The van der Waals surface area contributed by atoms with Crippen LogP contribution in [0.25, 0.3) is 77.2 Å². The quantitative estimate of drug-likeness (QED) is 0.171. The number of hydrogen-bond acceptors (Lipinski definition) is 1. The van der Waals surface area contributed by atoms with Crippen LogP contribution >= 0.6 is 0 Å². The SMILES string of the molecule is Cc1ccc(-c2ccccc2)cc1N(c1ccccc1)c1ccc2cc3c(cc2c1)-c1c-3c(-c2ccccc2)c2ccccc2c1-c1ccccc1. The third kappa shape index (κ3) is 4.86. The highest BCUT2D eigenvalue weighted by Crippen LogP contribution is 2.60. The summed E-state index contributed by atoms with van der Waals surface area (Å²) in [5.41, 5.74) is 17.6. The number of para-hydroxylation sites is 1. The normalized spacial score (nSPS) is 11.6. The molecule has 244 valence electrons. The maximum absolute atomic E-state index is 2.43.